The van der Waals surface area contributed by atoms with Crippen molar-refractivity contribution < 1.29 is 0 Å². The van der Waals surface area contributed by atoms with E-state index in [2.05, 4.69) is 33.8 Å². The minimum atomic E-state index is 0.144. The smallest absolute Gasteiger partial charge is 0.0490 e. The van der Waals surface area contributed by atoms with Gasteiger partial charge in [0.25, 0.3) is 0 Å². The van der Waals surface area contributed by atoms with Gasteiger partial charge in [-0.3, -0.25) is 0 Å². The molecule has 16 heavy (non-hydrogen) atoms. The summed E-state index contributed by atoms with van der Waals surface area (Å²) in [7, 11) is 0. The quantitative estimate of drug-likeness (QED) is 0.594. The zero-order valence-corrected chi connectivity index (χ0v) is 12.1. The molecular formula is C14H18Cl2. The van der Waals surface area contributed by atoms with E-state index in [4.69, 9.17) is 23.2 Å². The molecule has 1 aromatic rings. The molecule has 0 bridgehead atoms. The van der Waals surface area contributed by atoms with Crippen molar-refractivity contribution in [3.63, 3.8) is 0 Å². The SMILES string of the molecule is Cc1c(Cl)cc2c(c1Cl)C(C)(C)CC2(C)C. The lowest BCUT2D eigenvalue weighted by Gasteiger charge is -2.23. The van der Waals surface area contributed by atoms with Crippen molar-refractivity contribution in [2.75, 3.05) is 0 Å². The topological polar surface area (TPSA) is 0 Å². The van der Waals surface area contributed by atoms with E-state index in [1.165, 1.54) is 11.1 Å². The van der Waals surface area contributed by atoms with Gasteiger partial charge in [0.1, 0.15) is 0 Å². The maximum absolute atomic E-state index is 6.47. The Morgan fingerprint density at radius 2 is 1.62 bits per heavy atom. The highest BCUT2D eigenvalue weighted by Crippen LogP contribution is 2.53. The monoisotopic (exact) mass is 256 g/mol. The minimum Gasteiger partial charge on any atom is -0.0840 e. The van der Waals surface area contributed by atoms with Gasteiger partial charge >= 0.3 is 0 Å². The van der Waals surface area contributed by atoms with Crippen LogP contribution in [-0.2, 0) is 10.8 Å². The van der Waals surface area contributed by atoms with Crippen molar-refractivity contribution in [2.45, 2.75) is 51.9 Å². The Labute approximate surface area is 108 Å². The second-order valence-corrected chi connectivity index (χ2v) is 6.95. The molecule has 0 spiro atoms. The van der Waals surface area contributed by atoms with Crippen molar-refractivity contribution in [1.82, 2.24) is 0 Å². The summed E-state index contributed by atoms with van der Waals surface area (Å²) in [6, 6.07) is 2.10. The van der Waals surface area contributed by atoms with Gasteiger partial charge < -0.3 is 0 Å². The largest absolute Gasteiger partial charge is 0.0840 e. The van der Waals surface area contributed by atoms with Gasteiger partial charge in [-0.25, -0.2) is 0 Å². The molecule has 1 aliphatic rings. The maximum atomic E-state index is 6.47. The first kappa shape index (κ1) is 12.3. The Hall–Kier alpha value is -0.200. The van der Waals surface area contributed by atoms with E-state index < -0.39 is 0 Å². The molecule has 0 unspecified atom stereocenters. The lowest BCUT2D eigenvalue weighted by atomic mass is 9.82. The van der Waals surface area contributed by atoms with Crippen LogP contribution in [0.15, 0.2) is 6.07 Å². The predicted molar refractivity (Wildman–Crippen MR) is 71.9 cm³/mol. The molecule has 0 heterocycles. The fourth-order valence-corrected chi connectivity index (χ4v) is 3.91. The molecule has 0 aliphatic heterocycles. The van der Waals surface area contributed by atoms with Crippen molar-refractivity contribution in [2.24, 2.45) is 0 Å². The predicted octanol–water partition coefficient (Wildman–Crippen LogP) is 5.26. The lowest BCUT2D eigenvalue weighted by molar-refractivity contribution is 0.403. The second kappa shape index (κ2) is 3.40. The van der Waals surface area contributed by atoms with Gasteiger partial charge in [0.15, 0.2) is 0 Å². The van der Waals surface area contributed by atoms with Crippen LogP contribution in [0.2, 0.25) is 10.0 Å². The molecule has 0 amide bonds. The number of benzene rings is 1. The minimum absolute atomic E-state index is 0.144. The first-order valence-corrected chi connectivity index (χ1v) is 6.42. The van der Waals surface area contributed by atoms with Crippen LogP contribution >= 0.6 is 23.2 Å². The van der Waals surface area contributed by atoms with Gasteiger partial charge in [0.05, 0.1) is 0 Å². The van der Waals surface area contributed by atoms with Crippen LogP contribution in [0.5, 0.6) is 0 Å². The number of rotatable bonds is 0. The summed E-state index contributed by atoms with van der Waals surface area (Å²) in [5.74, 6) is 0. The Morgan fingerprint density at radius 3 is 2.19 bits per heavy atom. The van der Waals surface area contributed by atoms with Crippen LogP contribution in [0.1, 0.15) is 50.8 Å². The Bertz CT molecular complexity index is 456. The highest BCUT2D eigenvalue weighted by Gasteiger charge is 2.43. The molecule has 2 rings (SSSR count). The van der Waals surface area contributed by atoms with E-state index in [0.717, 1.165) is 22.0 Å². The molecule has 0 atom stereocenters. The van der Waals surface area contributed by atoms with Crippen LogP contribution in [0.4, 0.5) is 0 Å². The van der Waals surface area contributed by atoms with Crippen LogP contribution < -0.4 is 0 Å². The molecule has 0 saturated carbocycles. The molecule has 0 saturated heterocycles. The molecule has 0 radical (unpaired) electrons. The molecule has 2 heteroatoms. The Morgan fingerprint density at radius 1 is 1.06 bits per heavy atom. The summed E-state index contributed by atoms with van der Waals surface area (Å²) in [4.78, 5) is 0. The molecule has 1 aromatic carbocycles. The number of hydrogen-bond donors (Lipinski definition) is 0. The lowest BCUT2D eigenvalue weighted by Crippen LogP contribution is -2.18. The summed E-state index contributed by atoms with van der Waals surface area (Å²) >= 11 is 12.7. The number of hydrogen-bond acceptors (Lipinski definition) is 0. The highest BCUT2D eigenvalue weighted by molar-refractivity contribution is 6.36. The third-order valence-electron chi connectivity index (χ3n) is 3.74. The Balaban J connectivity index is 2.82. The molecular weight excluding hydrogens is 239 g/mol. The molecule has 0 fully saturated rings. The molecule has 0 aromatic heterocycles. The first-order valence-electron chi connectivity index (χ1n) is 5.66. The summed E-state index contributed by atoms with van der Waals surface area (Å²) in [5, 5.41) is 1.65. The fourth-order valence-electron chi connectivity index (χ4n) is 3.20. The molecule has 0 nitrogen and oxygen atoms in total. The third kappa shape index (κ3) is 1.58. The standard InChI is InChI=1S/C14H18Cl2/c1-8-10(15)6-9-11(12(8)16)14(4,5)7-13(9,2)3/h6H,7H2,1-5H3. The molecule has 0 N–H and O–H groups in total. The van der Waals surface area contributed by atoms with Crippen molar-refractivity contribution >= 4 is 23.2 Å². The van der Waals surface area contributed by atoms with Gasteiger partial charge in [0, 0.05) is 10.0 Å². The van der Waals surface area contributed by atoms with E-state index in [0.29, 0.717) is 0 Å². The van der Waals surface area contributed by atoms with Gasteiger partial charge in [0.2, 0.25) is 0 Å². The normalized spacial score (nSPS) is 20.9. The fraction of sp³-hybridized carbons (Fsp3) is 0.571. The first-order chi connectivity index (χ1) is 7.17. The zero-order chi connectivity index (χ0) is 12.3. The maximum Gasteiger partial charge on any atom is 0.0490 e. The van der Waals surface area contributed by atoms with Crippen LogP contribution in [0.3, 0.4) is 0 Å². The summed E-state index contributed by atoms with van der Waals surface area (Å²) in [6.45, 7) is 11.1. The van der Waals surface area contributed by atoms with Crippen LogP contribution in [-0.4, -0.2) is 0 Å². The van der Waals surface area contributed by atoms with Crippen molar-refractivity contribution in [3.8, 4) is 0 Å². The zero-order valence-electron chi connectivity index (χ0n) is 10.5. The van der Waals surface area contributed by atoms with E-state index in [9.17, 15) is 0 Å². The number of fused-ring (bicyclic) bond motifs is 1. The average molecular weight is 257 g/mol. The Kier molecular flexibility index (Phi) is 2.60. The van der Waals surface area contributed by atoms with Crippen molar-refractivity contribution in [1.29, 1.82) is 0 Å². The third-order valence-corrected chi connectivity index (χ3v) is 4.60. The van der Waals surface area contributed by atoms with E-state index in [-0.39, 0.29) is 10.8 Å². The average Bonchev–Trinajstić information content (AvgIpc) is 2.28. The summed E-state index contributed by atoms with van der Waals surface area (Å²) < 4.78 is 0. The van der Waals surface area contributed by atoms with Gasteiger partial charge in [-0.15, -0.1) is 0 Å². The second-order valence-electron chi connectivity index (χ2n) is 6.16. The number of halogens is 2. The van der Waals surface area contributed by atoms with Gasteiger partial charge in [-0.05, 0) is 46.9 Å². The highest BCUT2D eigenvalue weighted by atomic mass is 35.5. The van der Waals surface area contributed by atoms with Gasteiger partial charge in [-0.2, -0.15) is 0 Å². The van der Waals surface area contributed by atoms with Crippen LogP contribution in [0, 0.1) is 6.92 Å². The summed E-state index contributed by atoms with van der Waals surface area (Å²) in [6.07, 6.45) is 1.12. The van der Waals surface area contributed by atoms with E-state index >= 15 is 0 Å². The molecule has 1 aliphatic carbocycles. The van der Waals surface area contributed by atoms with Crippen molar-refractivity contribution in [3.05, 3.63) is 32.8 Å². The molecule has 88 valence electrons. The summed E-state index contributed by atoms with van der Waals surface area (Å²) in [5.41, 5.74) is 3.93. The van der Waals surface area contributed by atoms with Crippen LogP contribution in [0.25, 0.3) is 0 Å². The van der Waals surface area contributed by atoms with E-state index in [1.807, 2.05) is 6.92 Å². The van der Waals surface area contributed by atoms with Gasteiger partial charge in [-0.1, -0.05) is 50.9 Å². The van der Waals surface area contributed by atoms with E-state index in [1.54, 1.807) is 0 Å².